The first-order valence-electron chi connectivity index (χ1n) is 8.66. The van der Waals surface area contributed by atoms with Gasteiger partial charge >= 0.3 is 0 Å². The molecule has 2 fully saturated rings. The van der Waals surface area contributed by atoms with E-state index in [1.165, 1.54) is 0 Å². The lowest BCUT2D eigenvalue weighted by atomic mass is 9.86. The van der Waals surface area contributed by atoms with E-state index >= 15 is 0 Å². The molecule has 1 aromatic rings. The highest BCUT2D eigenvalue weighted by molar-refractivity contribution is 5.31. The molecule has 25 heavy (non-hydrogen) atoms. The maximum Gasteiger partial charge on any atom is 0.163 e. The van der Waals surface area contributed by atoms with Gasteiger partial charge in [0, 0.05) is 5.92 Å². The highest BCUT2D eigenvalue weighted by Crippen LogP contribution is 2.38. The summed E-state index contributed by atoms with van der Waals surface area (Å²) in [6.45, 7) is 8.21. The van der Waals surface area contributed by atoms with Crippen LogP contribution in [0.1, 0.15) is 39.2 Å². The minimum Gasteiger partial charge on any atom is -0.497 e. The molecule has 0 bridgehead atoms. The number of benzene rings is 1. The second-order valence-electron chi connectivity index (χ2n) is 7.52. The van der Waals surface area contributed by atoms with Gasteiger partial charge in [-0.15, -0.1) is 0 Å². The van der Waals surface area contributed by atoms with E-state index in [-0.39, 0.29) is 12.0 Å². The molecule has 140 valence electrons. The molecule has 2 aliphatic rings. The molecule has 2 heterocycles. The number of rotatable bonds is 5. The minimum atomic E-state index is -0.780. The van der Waals surface area contributed by atoms with Crippen LogP contribution < -0.4 is 4.74 Å². The normalized spacial score (nSPS) is 30.2. The van der Waals surface area contributed by atoms with Crippen molar-refractivity contribution in [2.75, 3.05) is 20.3 Å². The van der Waals surface area contributed by atoms with Crippen molar-refractivity contribution in [3.63, 3.8) is 0 Å². The SMILES string of the molecule is COc1ccc([C@@H]([C@H](O)[C@H]2COC(C)(C)O2)[C@H]2COC(C)(C)O2)cc1. The van der Waals surface area contributed by atoms with Crippen molar-refractivity contribution < 1.29 is 28.8 Å². The molecule has 0 radical (unpaired) electrons. The van der Waals surface area contributed by atoms with Crippen molar-refractivity contribution in [3.8, 4) is 5.75 Å². The second-order valence-corrected chi connectivity index (χ2v) is 7.52. The van der Waals surface area contributed by atoms with E-state index in [2.05, 4.69) is 0 Å². The van der Waals surface area contributed by atoms with Crippen LogP contribution in [0.2, 0.25) is 0 Å². The molecule has 6 nitrogen and oxygen atoms in total. The Bertz CT molecular complexity index is 582. The Morgan fingerprint density at radius 1 is 0.960 bits per heavy atom. The van der Waals surface area contributed by atoms with Crippen LogP contribution in [-0.4, -0.2) is 55.3 Å². The predicted molar refractivity (Wildman–Crippen MR) is 91.5 cm³/mol. The first kappa shape index (κ1) is 18.6. The maximum atomic E-state index is 11.1. The smallest absolute Gasteiger partial charge is 0.163 e. The third kappa shape index (κ3) is 4.15. The molecule has 4 atom stereocenters. The fourth-order valence-electron chi connectivity index (χ4n) is 3.47. The Labute approximate surface area is 149 Å². The molecule has 1 N–H and O–H groups in total. The molecule has 0 aromatic heterocycles. The maximum absolute atomic E-state index is 11.1. The monoisotopic (exact) mass is 352 g/mol. The summed E-state index contributed by atoms with van der Waals surface area (Å²) in [5.74, 6) is -0.887. The average molecular weight is 352 g/mol. The van der Waals surface area contributed by atoms with Gasteiger partial charge < -0.3 is 28.8 Å². The number of aliphatic hydroxyl groups is 1. The van der Waals surface area contributed by atoms with E-state index in [1.54, 1.807) is 7.11 Å². The molecule has 3 rings (SSSR count). The van der Waals surface area contributed by atoms with Gasteiger partial charge in [-0.2, -0.15) is 0 Å². The minimum absolute atomic E-state index is 0.272. The van der Waals surface area contributed by atoms with Gasteiger partial charge in [-0.3, -0.25) is 0 Å². The number of methoxy groups -OCH3 is 1. The highest BCUT2D eigenvalue weighted by Gasteiger charge is 2.46. The van der Waals surface area contributed by atoms with E-state index in [9.17, 15) is 5.11 Å². The van der Waals surface area contributed by atoms with Crippen LogP contribution in [0.15, 0.2) is 24.3 Å². The lowest BCUT2D eigenvalue weighted by Gasteiger charge is -2.31. The van der Waals surface area contributed by atoms with Crippen LogP contribution in [0.4, 0.5) is 0 Å². The van der Waals surface area contributed by atoms with Crippen LogP contribution in [0.25, 0.3) is 0 Å². The quantitative estimate of drug-likeness (QED) is 0.878. The van der Waals surface area contributed by atoms with Gasteiger partial charge in [-0.25, -0.2) is 0 Å². The molecule has 0 aliphatic carbocycles. The fourth-order valence-corrected chi connectivity index (χ4v) is 3.47. The summed E-state index contributed by atoms with van der Waals surface area (Å²) in [5, 5.41) is 11.1. The standard InChI is InChI=1S/C19H28O6/c1-18(2)22-10-14(24-18)16(12-6-8-13(21-5)9-7-12)17(20)15-11-23-19(3,4)25-15/h6-9,14-17,20H,10-11H2,1-5H3/t14-,15-,16-,17-/m1/s1. The average Bonchev–Trinajstić information content (AvgIpc) is 3.10. The van der Waals surface area contributed by atoms with Gasteiger partial charge in [-0.1, -0.05) is 12.1 Å². The summed E-state index contributed by atoms with van der Waals surface area (Å²) in [6.07, 6.45) is -1.47. The predicted octanol–water partition coefficient (Wildman–Crippen LogP) is 2.44. The molecule has 0 saturated carbocycles. The number of ether oxygens (including phenoxy) is 5. The van der Waals surface area contributed by atoms with Gasteiger partial charge in [0.15, 0.2) is 11.6 Å². The Morgan fingerprint density at radius 2 is 1.48 bits per heavy atom. The summed E-state index contributed by atoms with van der Waals surface area (Å²) in [5.41, 5.74) is 0.952. The third-order valence-electron chi connectivity index (χ3n) is 4.71. The molecule has 1 aromatic carbocycles. The molecular formula is C19H28O6. The molecule has 0 unspecified atom stereocenters. The molecule has 2 aliphatic heterocycles. The summed E-state index contributed by atoms with van der Waals surface area (Å²) in [4.78, 5) is 0. The van der Waals surface area contributed by atoms with Crippen molar-refractivity contribution in [1.82, 2.24) is 0 Å². The Hall–Kier alpha value is -1.18. The number of hydrogen-bond donors (Lipinski definition) is 1. The first-order chi connectivity index (χ1) is 11.7. The van der Waals surface area contributed by atoms with E-state index in [0.29, 0.717) is 13.2 Å². The molecule has 6 heteroatoms. The lowest BCUT2D eigenvalue weighted by Crippen LogP contribution is -2.41. The van der Waals surface area contributed by atoms with Gasteiger partial charge in [-0.05, 0) is 45.4 Å². The van der Waals surface area contributed by atoms with Crippen molar-refractivity contribution in [2.24, 2.45) is 0 Å². The van der Waals surface area contributed by atoms with E-state index < -0.39 is 23.8 Å². The zero-order valence-corrected chi connectivity index (χ0v) is 15.5. The van der Waals surface area contributed by atoms with Crippen LogP contribution in [0, 0.1) is 0 Å². The largest absolute Gasteiger partial charge is 0.497 e. The Morgan fingerprint density at radius 3 is 1.92 bits per heavy atom. The second kappa shape index (κ2) is 6.85. The molecular weight excluding hydrogens is 324 g/mol. The lowest BCUT2D eigenvalue weighted by molar-refractivity contribution is -0.164. The molecule has 0 spiro atoms. The molecule has 0 amide bonds. The topological polar surface area (TPSA) is 66.4 Å². The fraction of sp³-hybridized carbons (Fsp3) is 0.684. The van der Waals surface area contributed by atoms with Crippen LogP contribution in [-0.2, 0) is 18.9 Å². The van der Waals surface area contributed by atoms with Crippen LogP contribution in [0.5, 0.6) is 5.75 Å². The van der Waals surface area contributed by atoms with Crippen molar-refractivity contribution >= 4 is 0 Å². The van der Waals surface area contributed by atoms with Gasteiger partial charge in [0.2, 0.25) is 0 Å². The van der Waals surface area contributed by atoms with Gasteiger partial charge in [0.25, 0.3) is 0 Å². The zero-order chi connectivity index (χ0) is 18.2. The summed E-state index contributed by atoms with van der Waals surface area (Å²) >= 11 is 0. The van der Waals surface area contributed by atoms with E-state index in [0.717, 1.165) is 11.3 Å². The zero-order valence-electron chi connectivity index (χ0n) is 15.5. The third-order valence-corrected chi connectivity index (χ3v) is 4.71. The first-order valence-corrected chi connectivity index (χ1v) is 8.66. The number of aliphatic hydroxyl groups excluding tert-OH is 1. The summed E-state index contributed by atoms with van der Waals surface area (Å²) in [6, 6.07) is 7.66. The van der Waals surface area contributed by atoms with Crippen molar-refractivity contribution in [3.05, 3.63) is 29.8 Å². The van der Waals surface area contributed by atoms with Crippen molar-refractivity contribution in [1.29, 1.82) is 0 Å². The van der Waals surface area contributed by atoms with Crippen molar-refractivity contribution in [2.45, 2.75) is 63.5 Å². The Balaban J connectivity index is 1.86. The highest BCUT2D eigenvalue weighted by atomic mass is 16.8. The van der Waals surface area contributed by atoms with Crippen LogP contribution >= 0.6 is 0 Å². The summed E-state index contributed by atoms with van der Waals surface area (Å²) in [7, 11) is 1.63. The van der Waals surface area contributed by atoms with Gasteiger partial charge in [0.05, 0.1) is 32.5 Å². The summed E-state index contributed by atoms with van der Waals surface area (Å²) < 4.78 is 28.5. The van der Waals surface area contributed by atoms with Crippen LogP contribution in [0.3, 0.4) is 0 Å². The van der Waals surface area contributed by atoms with E-state index in [1.807, 2.05) is 52.0 Å². The number of hydrogen-bond acceptors (Lipinski definition) is 6. The van der Waals surface area contributed by atoms with E-state index in [4.69, 9.17) is 23.7 Å². The molecule has 2 saturated heterocycles. The van der Waals surface area contributed by atoms with Gasteiger partial charge in [0.1, 0.15) is 11.9 Å². The Kier molecular flexibility index (Phi) is 5.10.